The molecule has 0 saturated carbocycles. The van der Waals surface area contributed by atoms with E-state index >= 15 is 0 Å². The van der Waals surface area contributed by atoms with E-state index in [0.717, 1.165) is 48.0 Å². The number of thiophene rings is 1. The number of ether oxygens (including phenoxy) is 1. The van der Waals surface area contributed by atoms with Gasteiger partial charge in [0.05, 0.1) is 17.7 Å². The quantitative estimate of drug-likeness (QED) is 0.247. The highest BCUT2D eigenvalue weighted by atomic mass is 32.1. The lowest BCUT2D eigenvalue weighted by atomic mass is 10.1. The van der Waals surface area contributed by atoms with E-state index in [9.17, 15) is 0 Å². The van der Waals surface area contributed by atoms with Crippen LogP contribution in [0.4, 0.5) is 0 Å². The van der Waals surface area contributed by atoms with E-state index in [0.29, 0.717) is 0 Å². The van der Waals surface area contributed by atoms with Crippen molar-refractivity contribution >= 4 is 44.1 Å². The first-order valence-corrected chi connectivity index (χ1v) is 13.0. The van der Waals surface area contributed by atoms with Crippen LogP contribution in [0.2, 0.25) is 0 Å². The van der Waals surface area contributed by atoms with Crippen molar-refractivity contribution in [1.29, 1.82) is 0 Å². The highest BCUT2D eigenvalue weighted by Gasteiger charge is 2.24. The van der Waals surface area contributed by atoms with Crippen LogP contribution in [0, 0.1) is 0 Å². The Balaban J connectivity index is 1.55. The van der Waals surface area contributed by atoms with Crippen molar-refractivity contribution in [3.63, 3.8) is 0 Å². The van der Waals surface area contributed by atoms with E-state index in [2.05, 4.69) is 53.9 Å². The molecule has 0 aliphatic rings. The number of methoxy groups -OCH3 is 1. The topological polar surface area (TPSA) is 35.0 Å². The lowest BCUT2D eigenvalue weighted by molar-refractivity contribution is 0.428. The molecule has 33 heavy (non-hydrogen) atoms. The Morgan fingerprint density at radius 2 is 1.36 bits per heavy atom. The summed E-state index contributed by atoms with van der Waals surface area (Å²) in [7, 11) is 1.72. The molecule has 160 valence electrons. The molecule has 0 unspecified atom stereocenters. The van der Waals surface area contributed by atoms with Crippen LogP contribution in [-0.4, -0.2) is 17.1 Å². The monoisotopic (exact) mass is 482 g/mol. The molecule has 0 N–H and O–H groups in total. The number of benzene rings is 3. The molecule has 0 atom stereocenters. The highest BCUT2D eigenvalue weighted by molar-refractivity contribution is 7.24. The van der Waals surface area contributed by atoms with Gasteiger partial charge in [0, 0.05) is 32.2 Å². The Morgan fingerprint density at radius 1 is 0.697 bits per heavy atom. The van der Waals surface area contributed by atoms with E-state index in [-0.39, 0.29) is 0 Å². The summed E-state index contributed by atoms with van der Waals surface area (Å²) in [6.45, 7) is 0. The zero-order chi connectivity index (χ0) is 22.2. The Morgan fingerprint density at radius 3 is 2.09 bits per heavy atom. The molecule has 6 rings (SSSR count). The molecule has 6 aromatic rings. The third-order valence-electron chi connectivity index (χ3n) is 5.39. The van der Waals surface area contributed by atoms with Gasteiger partial charge in [0.15, 0.2) is 0 Å². The fourth-order valence-electron chi connectivity index (χ4n) is 3.86. The van der Waals surface area contributed by atoms with Crippen molar-refractivity contribution in [3.8, 4) is 48.0 Å². The first-order valence-electron chi connectivity index (χ1n) is 10.5. The van der Waals surface area contributed by atoms with Crippen LogP contribution in [0.1, 0.15) is 0 Å². The zero-order valence-corrected chi connectivity index (χ0v) is 20.1. The first-order chi connectivity index (χ1) is 16.3. The third-order valence-corrected chi connectivity index (χ3v) is 8.53. The smallest absolute Gasteiger partial charge is 0.203 e. The Kier molecular flexibility index (Phi) is 5.26. The number of aromatic nitrogens is 2. The minimum Gasteiger partial charge on any atom is -0.486 e. The van der Waals surface area contributed by atoms with Gasteiger partial charge in [-0.1, -0.05) is 90.2 Å². The van der Waals surface area contributed by atoms with Gasteiger partial charge >= 0.3 is 0 Å². The van der Waals surface area contributed by atoms with Gasteiger partial charge < -0.3 is 4.74 Å². The molecule has 0 aliphatic heterocycles. The standard InChI is InChI=1S/C27H18N2OS3/c1-30-27-23(29-26(33-27)18-12-6-3-7-13-18)24-22(19-14-8-9-15-21(19)32-24)20-16-31-25(28-20)17-10-4-2-5-11-17/h2-16H,1H3. The lowest BCUT2D eigenvalue weighted by Gasteiger charge is -2.02. The number of fused-ring (bicyclic) bond motifs is 1. The van der Waals surface area contributed by atoms with Crippen molar-refractivity contribution in [1.82, 2.24) is 9.97 Å². The SMILES string of the molecule is COc1sc(-c2ccccc2)nc1-c1sc2ccccc2c1-c1csc(-c2ccccc2)n1. The Bertz CT molecular complexity index is 1550. The van der Waals surface area contributed by atoms with E-state index < -0.39 is 0 Å². The molecule has 3 aromatic carbocycles. The molecule has 0 radical (unpaired) electrons. The van der Waals surface area contributed by atoms with Gasteiger partial charge in [-0.2, -0.15) is 0 Å². The maximum absolute atomic E-state index is 5.81. The second-order valence-corrected chi connectivity index (χ2v) is 10.3. The number of hydrogen-bond donors (Lipinski definition) is 0. The molecule has 3 nitrogen and oxygen atoms in total. The second-order valence-electron chi connectivity index (χ2n) is 7.43. The molecular formula is C27H18N2OS3. The number of rotatable bonds is 5. The molecule has 0 amide bonds. The molecule has 0 bridgehead atoms. The number of nitrogens with zero attached hydrogens (tertiary/aromatic N) is 2. The lowest BCUT2D eigenvalue weighted by Crippen LogP contribution is -1.86. The average Bonchev–Trinajstić information content (AvgIpc) is 3.61. The van der Waals surface area contributed by atoms with E-state index in [4.69, 9.17) is 14.7 Å². The maximum atomic E-state index is 5.81. The van der Waals surface area contributed by atoms with Crippen LogP contribution < -0.4 is 4.74 Å². The molecule has 6 heteroatoms. The van der Waals surface area contributed by atoms with Crippen molar-refractivity contribution in [2.75, 3.05) is 7.11 Å². The number of thiazole rings is 2. The molecule has 3 aromatic heterocycles. The molecule has 0 aliphatic carbocycles. The summed E-state index contributed by atoms with van der Waals surface area (Å²) in [5.74, 6) is 0. The summed E-state index contributed by atoms with van der Waals surface area (Å²) >= 11 is 4.99. The van der Waals surface area contributed by atoms with Gasteiger partial charge in [-0.3, -0.25) is 0 Å². The molecule has 0 fully saturated rings. The minimum absolute atomic E-state index is 0.820. The fourth-order valence-corrected chi connectivity index (χ4v) is 6.83. The van der Waals surface area contributed by atoms with E-state index in [1.54, 1.807) is 41.1 Å². The van der Waals surface area contributed by atoms with E-state index in [1.165, 1.54) is 10.1 Å². The number of hydrogen-bond acceptors (Lipinski definition) is 6. The summed E-state index contributed by atoms with van der Waals surface area (Å²) < 4.78 is 7.02. The normalized spacial score (nSPS) is 11.2. The maximum Gasteiger partial charge on any atom is 0.203 e. The summed E-state index contributed by atoms with van der Waals surface area (Å²) in [4.78, 5) is 11.2. The summed E-state index contributed by atoms with van der Waals surface area (Å²) in [5.41, 5.74) is 5.20. The van der Waals surface area contributed by atoms with Gasteiger partial charge in [0.25, 0.3) is 0 Å². The Hall–Kier alpha value is -3.32. The predicted molar refractivity (Wildman–Crippen MR) is 141 cm³/mol. The van der Waals surface area contributed by atoms with Crippen molar-refractivity contribution in [2.24, 2.45) is 0 Å². The van der Waals surface area contributed by atoms with Gasteiger partial charge in [-0.25, -0.2) is 9.97 Å². The first kappa shape index (κ1) is 20.3. The third kappa shape index (κ3) is 3.66. The van der Waals surface area contributed by atoms with Crippen molar-refractivity contribution in [3.05, 3.63) is 90.3 Å². The van der Waals surface area contributed by atoms with E-state index in [1.807, 2.05) is 36.4 Å². The second kappa shape index (κ2) is 8.56. The summed E-state index contributed by atoms with van der Waals surface area (Å²) in [6, 6.07) is 29.1. The van der Waals surface area contributed by atoms with Gasteiger partial charge in [0.2, 0.25) is 5.06 Å². The molecule has 3 heterocycles. The van der Waals surface area contributed by atoms with Crippen LogP contribution in [0.3, 0.4) is 0 Å². The van der Waals surface area contributed by atoms with Gasteiger partial charge in [-0.05, 0) is 6.07 Å². The van der Waals surface area contributed by atoms with Crippen molar-refractivity contribution in [2.45, 2.75) is 0 Å². The minimum atomic E-state index is 0.820. The van der Waals surface area contributed by atoms with Crippen LogP contribution in [0.25, 0.3) is 53.1 Å². The molecule has 0 saturated heterocycles. The van der Waals surface area contributed by atoms with Crippen LogP contribution in [0.15, 0.2) is 90.3 Å². The van der Waals surface area contributed by atoms with Gasteiger partial charge in [0.1, 0.15) is 15.7 Å². The predicted octanol–water partition coefficient (Wildman–Crippen LogP) is 8.49. The van der Waals surface area contributed by atoms with Gasteiger partial charge in [-0.15, -0.1) is 22.7 Å². The largest absolute Gasteiger partial charge is 0.486 e. The molecular weight excluding hydrogens is 465 g/mol. The molecule has 0 spiro atoms. The Labute approximate surface area is 203 Å². The fraction of sp³-hybridized carbons (Fsp3) is 0.0370. The highest BCUT2D eigenvalue weighted by Crippen LogP contribution is 2.50. The van der Waals surface area contributed by atoms with Crippen LogP contribution >= 0.6 is 34.0 Å². The zero-order valence-electron chi connectivity index (χ0n) is 17.7. The van der Waals surface area contributed by atoms with Crippen LogP contribution in [0.5, 0.6) is 5.06 Å². The van der Waals surface area contributed by atoms with Crippen molar-refractivity contribution < 1.29 is 4.74 Å². The summed E-state index contributed by atoms with van der Waals surface area (Å²) in [5, 5.41) is 6.13. The average molecular weight is 483 g/mol. The van der Waals surface area contributed by atoms with Crippen LogP contribution in [-0.2, 0) is 0 Å². The summed E-state index contributed by atoms with van der Waals surface area (Å²) in [6.07, 6.45) is 0.